The Kier molecular flexibility index (Phi) is 4.42. The molecule has 2 N–H and O–H groups in total. The number of hydrogen-bond donors (Lipinski definition) is 2. The third-order valence-electron chi connectivity index (χ3n) is 3.26. The van der Waals surface area contributed by atoms with Gasteiger partial charge in [-0.15, -0.1) is 0 Å². The van der Waals surface area contributed by atoms with Gasteiger partial charge in [0.2, 0.25) is 5.91 Å². The van der Waals surface area contributed by atoms with Gasteiger partial charge in [0.15, 0.2) is 0 Å². The lowest BCUT2D eigenvalue weighted by molar-refractivity contribution is -0.123. The second-order valence-corrected chi connectivity index (χ2v) is 5.47. The first-order valence-electron chi connectivity index (χ1n) is 6.48. The fraction of sp³-hybridized carbons (Fsp3) is 0.500. The summed E-state index contributed by atoms with van der Waals surface area (Å²) in [6, 6.07) is 4.58. The molecule has 0 aromatic heterocycles. The van der Waals surface area contributed by atoms with Gasteiger partial charge in [-0.1, -0.05) is 17.7 Å². The van der Waals surface area contributed by atoms with E-state index in [-0.39, 0.29) is 23.0 Å². The molecular weight excluding hydrogens is 267 g/mol. The van der Waals surface area contributed by atoms with E-state index in [0.29, 0.717) is 6.04 Å². The normalized spacial score (nSPS) is 17.9. The van der Waals surface area contributed by atoms with Crippen LogP contribution >= 0.6 is 11.6 Å². The predicted octanol–water partition coefficient (Wildman–Crippen LogP) is 2.80. The number of nitrogens with one attached hydrogen (secondary N) is 2. The summed E-state index contributed by atoms with van der Waals surface area (Å²) in [4.78, 5) is 11.8. The van der Waals surface area contributed by atoms with Gasteiger partial charge in [0.1, 0.15) is 5.82 Å². The van der Waals surface area contributed by atoms with Gasteiger partial charge in [-0.2, -0.15) is 0 Å². The smallest absolute Gasteiger partial charge is 0.237 e. The molecule has 0 bridgehead atoms. The number of amides is 1. The maximum absolute atomic E-state index is 13.1. The highest BCUT2D eigenvalue weighted by Crippen LogP contribution is 2.21. The van der Waals surface area contributed by atoms with Crippen molar-refractivity contribution < 1.29 is 9.18 Å². The number of carbonyl (C=O) groups excluding carboxylic acids is 1. The molecule has 1 fully saturated rings. The lowest BCUT2D eigenvalue weighted by Gasteiger charge is -2.20. The Labute approximate surface area is 117 Å². The Bertz CT molecular complexity index is 477. The molecule has 0 heterocycles. The van der Waals surface area contributed by atoms with Crippen molar-refractivity contribution in [2.45, 2.75) is 44.8 Å². The highest BCUT2D eigenvalue weighted by molar-refractivity contribution is 6.30. The fourth-order valence-corrected chi connectivity index (χ4v) is 2.07. The van der Waals surface area contributed by atoms with Crippen LogP contribution in [0.2, 0.25) is 5.02 Å². The van der Waals surface area contributed by atoms with Crippen LogP contribution in [0.25, 0.3) is 0 Å². The van der Waals surface area contributed by atoms with Gasteiger partial charge in [-0.05, 0) is 44.4 Å². The molecule has 1 aromatic carbocycles. The first kappa shape index (κ1) is 14.3. The standard InChI is InChI=1S/C14H18ClFN2O/c1-8(10-3-6-13(16)12(15)7-10)17-9(2)14(19)18-11-4-5-11/h3,6-9,11,17H,4-5H2,1-2H3,(H,18,19). The van der Waals surface area contributed by atoms with E-state index < -0.39 is 5.82 Å². The summed E-state index contributed by atoms with van der Waals surface area (Å²) in [7, 11) is 0. The third kappa shape index (κ3) is 3.91. The molecule has 2 unspecified atom stereocenters. The minimum absolute atomic E-state index is 0.00237. The zero-order valence-electron chi connectivity index (χ0n) is 11.0. The van der Waals surface area contributed by atoms with Crippen LogP contribution in [0.15, 0.2) is 18.2 Å². The van der Waals surface area contributed by atoms with E-state index in [1.807, 2.05) is 13.8 Å². The summed E-state index contributed by atoms with van der Waals surface area (Å²) >= 11 is 5.75. The third-order valence-corrected chi connectivity index (χ3v) is 3.55. The Morgan fingerprint density at radius 1 is 1.42 bits per heavy atom. The number of carbonyl (C=O) groups is 1. The van der Waals surface area contributed by atoms with Crippen molar-refractivity contribution in [2.75, 3.05) is 0 Å². The fourth-order valence-electron chi connectivity index (χ4n) is 1.88. The Hall–Kier alpha value is -1.13. The molecule has 2 rings (SSSR count). The van der Waals surface area contributed by atoms with Crippen molar-refractivity contribution in [2.24, 2.45) is 0 Å². The van der Waals surface area contributed by atoms with E-state index in [1.54, 1.807) is 12.1 Å². The molecule has 0 radical (unpaired) electrons. The van der Waals surface area contributed by atoms with Crippen molar-refractivity contribution in [3.05, 3.63) is 34.6 Å². The summed E-state index contributed by atoms with van der Waals surface area (Å²) < 4.78 is 13.1. The Balaban J connectivity index is 1.93. The van der Waals surface area contributed by atoms with Crippen LogP contribution in [0.1, 0.15) is 38.3 Å². The Morgan fingerprint density at radius 2 is 2.11 bits per heavy atom. The van der Waals surface area contributed by atoms with Gasteiger partial charge in [-0.25, -0.2) is 4.39 Å². The molecule has 3 nitrogen and oxygen atoms in total. The molecule has 5 heteroatoms. The van der Waals surface area contributed by atoms with E-state index in [0.717, 1.165) is 18.4 Å². The van der Waals surface area contributed by atoms with Crippen molar-refractivity contribution in [3.8, 4) is 0 Å². The molecule has 1 aliphatic carbocycles. The van der Waals surface area contributed by atoms with Crippen LogP contribution in [0.5, 0.6) is 0 Å². The molecule has 104 valence electrons. The zero-order chi connectivity index (χ0) is 14.0. The van der Waals surface area contributed by atoms with Crippen LogP contribution < -0.4 is 10.6 Å². The Morgan fingerprint density at radius 3 is 2.68 bits per heavy atom. The lowest BCUT2D eigenvalue weighted by atomic mass is 10.1. The summed E-state index contributed by atoms with van der Waals surface area (Å²) in [6.07, 6.45) is 2.14. The first-order valence-corrected chi connectivity index (χ1v) is 6.86. The number of benzene rings is 1. The van der Waals surface area contributed by atoms with Crippen LogP contribution in [0.4, 0.5) is 4.39 Å². The lowest BCUT2D eigenvalue weighted by Crippen LogP contribution is -2.43. The summed E-state index contributed by atoms with van der Waals surface area (Å²) in [6.45, 7) is 3.74. The van der Waals surface area contributed by atoms with Gasteiger partial charge >= 0.3 is 0 Å². The molecule has 1 aliphatic rings. The minimum atomic E-state index is -0.433. The molecule has 0 saturated heterocycles. The SMILES string of the molecule is CC(NC(C)c1ccc(F)c(Cl)c1)C(=O)NC1CC1. The van der Waals surface area contributed by atoms with Crippen molar-refractivity contribution in [3.63, 3.8) is 0 Å². The number of rotatable bonds is 5. The number of halogens is 2. The van der Waals surface area contributed by atoms with Gasteiger partial charge in [-0.3, -0.25) is 10.1 Å². The van der Waals surface area contributed by atoms with Crippen molar-refractivity contribution >= 4 is 17.5 Å². The van der Waals surface area contributed by atoms with Gasteiger partial charge < -0.3 is 5.32 Å². The van der Waals surface area contributed by atoms with Crippen LogP contribution in [-0.4, -0.2) is 18.0 Å². The molecule has 2 atom stereocenters. The molecule has 1 saturated carbocycles. The summed E-state index contributed by atoms with van der Waals surface area (Å²) in [5.74, 6) is -0.431. The largest absolute Gasteiger partial charge is 0.352 e. The van der Waals surface area contributed by atoms with E-state index >= 15 is 0 Å². The molecule has 0 aliphatic heterocycles. The molecule has 1 aromatic rings. The quantitative estimate of drug-likeness (QED) is 0.873. The first-order chi connectivity index (χ1) is 8.97. The topological polar surface area (TPSA) is 41.1 Å². The van der Waals surface area contributed by atoms with Gasteiger partial charge in [0, 0.05) is 12.1 Å². The van der Waals surface area contributed by atoms with E-state index in [1.165, 1.54) is 6.07 Å². The van der Waals surface area contributed by atoms with Gasteiger partial charge in [0.05, 0.1) is 11.1 Å². The number of hydrogen-bond acceptors (Lipinski definition) is 2. The zero-order valence-corrected chi connectivity index (χ0v) is 11.8. The van der Waals surface area contributed by atoms with Crippen LogP contribution in [0.3, 0.4) is 0 Å². The molecule has 1 amide bonds. The summed E-state index contributed by atoms with van der Waals surface area (Å²) in [5, 5.41) is 6.22. The minimum Gasteiger partial charge on any atom is -0.352 e. The monoisotopic (exact) mass is 284 g/mol. The second-order valence-electron chi connectivity index (χ2n) is 5.07. The second kappa shape index (κ2) is 5.88. The van der Waals surface area contributed by atoms with Gasteiger partial charge in [0.25, 0.3) is 0 Å². The average Bonchev–Trinajstić information content (AvgIpc) is 3.16. The maximum atomic E-state index is 13.1. The molecule has 0 spiro atoms. The maximum Gasteiger partial charge on any atom is 0.237 e. The van der Waals surface area contributed by atoms with Crippen molar-refractivity contribution in [1.82, 2.24) is 10.6 Å². The average molecular weight is 285 g/mol. The highest BCUT2D eigenvalue weighted by atomic mass is 35.5. The van der Waals surface area contributed by atoms with E-state index in [2.05, 4.69) is 10.6 Å². The summed E-state index contributed by atoms with van der Waals surface area (Å²) in [5.41, 5.74) is 0.859. The highest BCUT2D eigenvalue weighted by Gasteiger charge is 2.26. The van der Waals surface area contributed by atoms with E-state index in [4.69, 9.17) is 11.6 Å². The van der Waals surface area contributed by atoms with Crippen molar-refractivity contribution in [1.29, 1.82) is 0 Å². The van der Waals surface area contributed by atoms with Crippen LogP contribution in [0, 0.1) is 5.82 Å². The predicted molar refractivity (Wildman–Crippen MR) is 73.6 cm³/mol. The van der Waals surface area contributed by atoms with Crippen LogP contribution in [-0.2, 0) is 4.79 Å². The van der Waals surface area contributed by atoms with E-state index in [9.17, 15) is 9.18 Å². The molecular formula is C14H18ClFN2O. The molecule has 19 heavy (non-hydrogen) atoms.